The molecule has 5 aliphatic rings. The third-order valence-electron chi connectivity index (χ3n) is 7.77. The third-order valence-corrected chi connectivity index (χ3v) is 9.17. The lowest BCUT2D eigenvalue weighted by molar-refractivity contribution is -0.148. The molecule has 1 atom stereocenters. The minimum absolute atomic E-state index is 0.0618. The molecule has 4 saturated carbocycles. The molecule has 6 rings (SSSR count). The molecule has 9 heteroatoms. The molecule has 4 fully saturated rings. The molecule has 1 aliphatic heterocycles. The van der Waals surface area contributed by atoms with E-state index >= 15 is 0 Å². The van der Waals surface area contributed by atoms with Gasteiger partial charge in [-0.25, -0.2) is 8.42 Å². The van der Waals surface area contributed by atoms with Crippen molar-refractivity contribution in [2.75, 3.05) is 13.2 Å². The van der Waals surface area contributed by atoms with Crippen molar-refractivity contribution in [1.29, 1.82) is 0 Å². The van der Waals surface area contributed by atoms with E-state index in [2.05, 4.69) is 22.0 Å². The lowest BCUT2D eigenvalue weighted by Gasteiger charge is -2.59. The van der Waals surface area contributed by atoms with Gasteiger partial charge in [0, 0.05) is 11.6 Å². The van der Waals surface area contributed by atoms with Crippen LogP contribution in [0.25, 0.3) is 0 Å². The van der Waals surface area contributed by atoms with Crippen LogP contribution in [0.3, 0.4) is 0 Å². The van der Waals surface area contributed by atoms with Gasteiger partial charge in [-0.15, -0.1) is 0 Å². The Bertz CT molecular complexity index is 1050. The number of carbonyl (C=O) groups excluding carboxylic acids is 2. The SMILES string of the molecule is C[C@@H](NC(=O)COC(=O)CN=C1NS(=O)(=O)c2ccccc21)C12CC3CC(CC(C3)C1)C2. The first kappa shape index (κ1) is 21.4. The quantitative estimate of drug-likeness (QED) is 0.632. The maximum Gasteiger partial charge on any atom is 0.328 e. The van der Waals surface area contributed by atoms with Crippen molar-refractivity contribution < 1.29 is 22.7 Å². The fourth-order valence-corrected chi connectivity index (χ4v) is 7.98. The van der Waals surface area contributed by atoms with Crippen LogP contribution in [-0.4, -0.2) is 45.3 Å². The molecule has 1 aromatic carbocycles. The number of hydrogen-bond acceptors (Lipinski definition) is 6. The number of nitrogens with zero attached hydrogens (tertiary/aromatic N) is 1. The van der Waals surface area contributed by atoms with Crippen LogP contribution in [0.15, 0.2) is 34.2 Å². The second-order valence-corrected chi connectivity index (χ2v) is 11.6. The highest BCUT2D eigenvalue weighted by molar-refractivity contribution is 7.90. The number of amidine groups is 1. The summed E-state index contributed by atoms with van der Waals surface area (Å²) in [5.74, 6) is 1.53. The summed E-state index contributed by atoms with van der Waals surface area (Å²) in [5, 5.41) is 3.07. The standard InChI is InChI=1S/C23H29N3O5S/c1-14(23-9-15-6-16(10-23)8-17(7-15)11-23)25-20(27)13-31-21(28)12-24-22-18-4-2-3-5-19(18)32(29,30)26-22/h2-5,14-17H,6-13H2,1H3,(H,24,26)(H,25,27)/t14-,15?,16?,17?,23?/m1/s1. The summed E-state index contributed by atoms with van der Waals surface area (Å²) in [7, 11) is -3.66. The molecule has 1 amide bonds. The molecule has 172 valence electrons. The first-order chi connectivity index (χ1) is 15.2. The second-order valence-electron chi connectivity index (χ2n) is 10.00. The summed E-state index contributed by atoms with van der Waals surface area (Å²) in [6, 6.07) is 6.49. The zero-order valence-electron chi connectivity index (χ0n) is 18.2. The molecule has 32 heavy (non-hydrogen) atoms. The summed E-state index contributed by atoms with van der Waals surface area (Å²) in [4.78, 5) is 28.7. The number of sulfonamides is 1. The minimum atomic E-state index is -3.66. The molecule has 0 radical (unpaired) electrons. The predicted octanol–water partition coefficient (Wildman–Crippen LogP) is 1.99. The van der Waals surface area contributed by atoms with E-state index < -0.39 is 16.0 Å². The van der Waals surface area contributed by atoms with Gasteiger partial charge in [0.15, 0.2) is 6.61 Å². The predicted molar refractivity (Wildman–Crippen MR) is 117 cm³/mol. The van der Waals surface area contributed by atoms with Crippen LogP contribution in [-0.2, 0) is 24.3 Å². The fourth-order valence-electron chi connectivity index (χ4n) is 6.73. The highest BCUT2D eigenvalue weighted by Gasteiger charge is 2.53. The zero-order chi connectivity index (χ0) is 22.5. The Morgan fingerprint density at radius 3 is 2.44 bits per heavy atom. The zero-order valence-corrected chi connectivity index (χ0v) is 19.0. The Labute approximate surface area is 188 Å². The Kier molecular flexibility index (Phi) is 5.27. The Morgan fingerprint density at radius 2 is 1.78 bits per heavy atom. The van der Waals surface area contributed by atoms with Gasteiger partial charge < -0.3 is 10.1 Å². The molecule has 0 unspecified atom stereocenters. The molecule has 1 aromatic rings. The van der Waals surface area contributed by atoms with Crippen LogP contribution >= 0.6 is 0 Å². The average Bonchev–Trinajstić information content (AvgIpc) is 3.00. The minimum Gasteiger partial charge on any atom is -0.454 e. The van der Waals surface area contributed by atoms with Gasteiger partial charge in [-0.2, -0.15) is 0 Å². The number of nitrogens with one attached hydrogen (secondary N) is 2. The van der Waals surface area contributed by atoms with Crippen LogP contribution in [0.4, 0.5) is 0 Å². The highest BCUT2D eigenvalue weighted by atomic mass is 32.2. The lowest BCUT2D eigenvalue weighted by Crippen LogP contribution is -2.56. The normalized spacial score (nSPS) is 33.4. The average molecular weight is 460 g/mol. The lowest BCUT2D eigenvalue weighted by atomic mass is 9.48. The topological polar surface area (TPSA) is 114 Å². The Morgan fingerprint density at radius 1 is 1.16 bits per heavy atom. The molecule has 8 nitrogen and oxygen atoms in total. The largest absolute Gasteiger partial charge is 0.454 e. The smallest absolute Gasteiger partial charge is 0.328 e. The molecular formula is C23H29N3O5S. The van der Waals surface area contributed by atoms with E-state index in [9.17, 15) is 18.0 Å². The number of fused-ring (bicyclic) bond motifs is 1. The second kappa shape index (κ2) is 7.86. The fraction of sp³-hybridized carbons (Fsp3) is 0.609. The van der Waals surface area contributed by atoms with Crippen LogP contribution in [0, 0.1) is 23.2 Å². The van der Waals surface area contributed by atoms with Gasteiger partial charge in [-0.3, -0.25) is 19.3 Å². The van der Waals surface area contributed by atoms with Crippen molar-refractivity contribution in [3.63, 3.8) is 0 Å². The van der Waals surface area contributed by atoms with Crippen LogP contribution in [0.5, 0.6) is 0 Å². The number of aliphatic imine (C=N–C) groups is 1. The van der Waals surface area contributed by atoms with E-state index in [0.717, 1.165) is 17.8 Å². The van der Waals surface area contributed by atoms with E-state index in [0.29, 0.717) is 5.56 Å². The first-order valence-corrected chi connectivity index (χ1v) is 12.8. The van der Waals surface area contributed by atoms with Crippen molar-refractivity contribution in [2.24, 2.45) is 28.2 Å². The van der Waals surface area contributed by atoms with Gasteiger partial charge in [-0.1, -0.05) is 12.1 Å². The molecule has 4 bridgehead atoms. The van der Waals surface area contributed by atoms with E-state index in [1.54, 1.807) is 18.2 Å². The van der Waals surface area contributed by atoms with E-state index in [4.69, 9.17) is 4.74 Å². The molecule has 1 heterocycles. The van der Waals surface area contributed by atoms with Crippen LogP contribution in [0.2, 0.25) is 0 Å². The molecular weight excluding hydrogens is 430 g/mol. The summed E-state index contributed by atoms with van der Waals surface area (Å²) in [6.07, 6.45) is 7.61. The third kappa shape index (κ3) is 3.91. The van der Waals surface area contributed by atoms with Gasteiger partial charge in [0.05, 0.1) is 4.90 Å². The van der Waals surface area contributed by atoms with E-state index in [-0.39, 0.29) is 41.2 Å². The van der Waals surface area contributed by atoms with E-state index in [1.807, 2.05) is 0 Å². The summed E-state index contributed by atoms with van der Waals surface area (Å²) in [6.45, 7) is 1.36. The Hall–Kier alpha value is -2.42. The van der Waals surface area contributed by atoms with Crippen molar-refractivity contribution in [3.8, 4) is 0 Å². The summed E-state index contributed by atoms with van der Waals surface area (Å²) < 4.78 is 31.6. The Balaban J connectivity index is 1.13. The molecule has 4 aliphatic carbocycles. The number of esters is 1. The van der Waals surface area contributed by atoms with E-state index in [1.165, 1.54) is 44.6 Å². The van der Waals surface area contributed by atoms with Gasteiger partial charge >= 0.3 is 5.97 Å². The summed E-state index contributed by atoms with van der Waals surface area (Å²) >= 11 is 0. The van der Waals surface area contributed by atoms with Crippen LogP contribution < -0.4 is 10.0 Å². The van der Waals surface area contributed by atoms with Gasteiger partial charge in [-0.05, 0) is 80.8 Å². The van der Waals surface area contributed by atoms with Crippen molar-refractivity contribution in [2.45, 2.75) is 56.4 Å². The maximum absolute atomic E-state index is 12.4. The van der Waals surface area contributed by atoms with Crippen molar-refractivity contribution in [1.82, 2.24) is 10.0 Å². The van der Waals surface area contributed by atoms with Gasteiger partial charge in [0.1, 0.15) is 12.4 Å². The number of carbonyl (C=O) groups is 2. The monoisotopic (exact) mass is 459 g/mol. The van der Waals surface area contributed by atoms with Gasteiger partial charge in [0.25, 0.3) is 15.9 Å². The highest BCUT2D eigenvalue weighted by Crippen LogP contribution is 2.61. The molecule has 0 aromatic heterocycles. The first-order valence-electron chi connectivity index (χ1n) is 11.4. The van der Waals surface area contributed by atoms with Crippen molar-refractivity contribution >= 4 is 27.7 Å². The van der Waals surface area contributed by atoms with Crippen molar-refractivity contribution in [3.05, 3.63) is 29.8 Å². The number of hydrogen-bond donors (Lipinski definition) is 2. The van der Waals surface area contributed by atoms with Gasteiger partial charge in [0.2, 0.25) is 0 Å². The number of ether oxygens (including phenoxy) is 1. The number of rotatable bonds is 6. The maximum atomic E-state index is 12.4. The molecule has 0 spiro atoms. The molecule has 2 N–H and O–H groups in total. The van der Waals surface area contributed by atoms with Crippen LogP contribution in [0.1, 0.15) is 51.0 Å². The summed E-state index contributed by atoms with van der Waals surface area (Å²) in [5.41, 5.74) is 0.607. The number of amides is 1. The number of benzene rings is 1. The molecule has 0 saturated heterocycles.